The minimum Gasteiger partial charge on any atom is -0.495 e. The Balaban J connectivity index is 1.46. The van der Waals surface area contributed by atoms with Crippen molar-refractivity contribution in [2.24, 2.45) is 7.05 Å². The van der Waals surface area contributed by atoms with Crippen LogP contribution in [0.5, 0.6) is 5.75 Å². The second-order valence-corrected chi connectivity index (χ2v) is 12.4. The lowest BCUT2D eigenvalue weighted by atomic mass is 10.1. The first-order valence-corrected chi connectivity index (χ1v) is 14.3. The van der Waals surface area contributed by atoms with Gasteiger partial charge in [-0.05, 0) is 44.5 Å². The molecule has 0 amide bonds. The quantitative estimate of drug-likeness (QED) is 0.373. The third kappa shape index (κ3) is 6.15. The fourth-order valence-corrected chi connectivity index (χ4v) is 5.74. The van der Waals surface area contributed by atoms with E-state index in [1.165, 1.54) is 0 Å². The number of aryl methyl sites for hydroxylation is 1. The van der Waals surface area contributed by atoms with E-state index in [1.54, 1.807) is 28.8 Å². The van der Waals surface area contributed by atoms with Gasteiger partial charge in [-0.1, -0.05) is 6.07 Å². The van der Waals surface area contributed by atoms with Gasteiger partial charge in [0.1, 0.15) is 17.2 Å². The van der Waals surface area contributed by atoms with Gasteiger partial charge in [-0.2, -0.15) is 5.10 Å². The molecular weight excluding hydrogens is 516 g/mol. The number of nitrogens with zero attached hydrogens (tertiary/aromatic N) is 5. The third-order valence-corrected chi connectivity index (χ3v) is 7.74. The van der Waals surface area contributed by atoms with Gasteiger partial charge in [-0.15, -0.1) is 0 Å². The molecule has 0 unspecified atom stereocenters. The molecule has 1 saturated heterocycles. The number of aromatic nitrogens is 4. The molecule has 0 atom stereocenters. The average Bonchev–Trinajstić information content (AvgIpc) is 3.48. The normalized spacial score (nSPS) is 15.0. The largest absolute Gasteiger partial charge is 0.495 e. The summed E-state index contributed by atoms with van der Waals surface area (Å²) in [6, 6.07) is 9.78. The monoisotopic (exact) mass is 550 g/mol. The number of nitrogens with one attached hydrogen (secondary N) is 1. The molecule has 0 bridgehead atoms. The average molecular weight is 551 g/mol. The molecule has 4 heterocycles. The van der Waals surface area contributed by atoms with Gasteiger partial charge in [0.2, 0.25) is 0 Å². The SMILES string of the molecule is COc1cc(CN2CCS(=O)CC2)ccc1Nc1cc2c(cn1)cc(-c1cnn(C)c1)n2C(=O)OC(C)(C)C. The summed E-state index contributed by atoms with van der Waals surface area (Å²) in [6.07, 6.45) is 4.84. The van der Waals surface area contributed by atoms with E-state index in [4.69, 9.17) is 9.47 Å². The van der Waals surface area contributed by atoms with Crippen LogP contribution in [0.4, 0.5) is 16.3 Å². The first kappa shape index (κ1) is 26.9. The highest BCUT2D eigenvalue weighted by atomic mass is 32.2. The molecule has 0 spiro atoms. The molecule has 0 aliphatic carbocycles. The molecule has 0 saturated carbocycles. The van der Waals surface area contributed by atoms with E-state index in [1.807, 2.05) is 58.3 Å². The summed E-state index contributed by atoms with van der Waals surface area (Å²) in [5.74, 6) is 2.69. The molecule has 11 heteroatoms. The van der Waals surface area contributed by atoms with E-state index >= 15 is 0 Å². The molecule has 3 aromatic heterocycles. The summed E-state index contributed by atoms with van der Waals surface area (Å²) >= 11 is 0. The van der Waals surface area contributed by atoms with Crippen molar-refractivity contribution in [1.82, 2.24) is 24.2 Å². The highest BCUT2D eigenvalue weighted by Crippen LogP contribution is 2.33. The van der Waals surface area contributed by atoms with Crippen molar-refractivity contribution in [3.05, 3.63) is 54.5 Å². The number of carbonyl (C=O) groups is 1. The van der Waals surface area contributed by atoms with Crippen LogP contribution < -0.4 is 10.1 Å². The van der Waals surface area contributed by atoms with Crippen molar-refractivity contribution < 1.29 is 18.5 Å². The van der Waals surface area contributed by atoms with E-state index in [0.717, 1.165) is 53.3 Å². The van der Waals surface area contributed by atoms with Gasteiger partial charge in [-0.25, -0.2) is 14.3 Å². The zero-order chi connectivity index (χ0) is 27.7. The first-order chi connectivity index (χ1) is 18.6. The van der Waals surface area contributed by atoms with E-state index in [0.29, 0.717) is 22.8 Å². The lowest BCUT2D eigenvalue weighted by molar-refractivity contribution is 0.0547. The Labute approximate surface area is 230 Å². The van der Waals surface area contributed by atoms with Crippen LogP contribution in [0.15, 0.2) is 48.9 Å². The Morgan fingerprint density at radius 1 is 1.13 bits per heavy atom. The number of rotatable bonds is 6. The molecule has 1 N–H and O–H groups in total. The zero-order valence-electron chi connectivity index (χ0n) is 22.9. The summed E-state index contributed by atoms with van der Waals surface area (Å²) in [5.41, 5.74) is 3.36. The number of anilines is 2. The zero-order valence-corrected chi connectivity index (χ0v) is 23.7. The molecule has 206 valence electrons. The maximum absolute atomic E-state index is 13.4. The van der Waals surface area contributed by atoms with Gasteiger partial charge in [-0.3, -0.25) is 13.8 Å². The highest BCUT2D eigenvalue weighted by Gasteiger charge is 2.24. The smallest absolute Gasteiger partial charge is 0.419 e. The molecule has 1 fully saturated rings. The number of hydrogen-bond donors (Lipinski definition) is 1. The van der Waals surface area contributed by atoms with Crippen LogP contribution in [-0.2, 0) is 29.1 Å². The van der Waals surface area contributed by atoms with Crippen LogP contribution >= 0.6 is 0 Å². The number of fused-ring (bicyclic) bond motifs is 1. The van der Waals surface area contributed by atoms with Gasteiger partial charge in [0.25, 0.3) is 0 Å². The standard InChI is InChI=1S/C28H34N6O4S/c1-28(2,3)38-27(35)34-23(21-16-30-32(4)18-21)13-20-15-29-26(14-24(20)34)31-22-7-6-19(12-25(22)37-5)17-33-8-10-39(36)11-9-33/h6-7,12-16,18H,8-11,17H2,1-5H3,(H,29,31). The molecule has 39 heavy (non-hydrogen) atoms. The molecule has 10 nitrogen and oxygen atoms in total. The predicted octanol–water partition coefficient (Wildman–Crippen LogP) is 4.54. The summed E-state index contributed by atoms with van der Waals surface area (Å²) < 4.78 is 26.4. The molecule has 4 aromatic rings. The van der Waals surface area contributed by atoms with Gasteiger partial charge >= 0.3 is 6.09 Å². The number of benzene rings is 1. The lowest BCUT2D eigenvalue weighted by Gasteiger charge is -2.26. The van der Waals surface area contributed by atoms with Gasteiger partial charge < -0.3 is 14.8 Å². The Morgan fingerprint density at radius 3 is 2.56 bits per heavy atom. The Morgan fingerprint density at radius 2 is 1.90 bits per heavy atom. The molecule has 1 aromatic carbocycles. The molecule has 1 aliphatic rings. The van der Waals surface area contributed by atoms with E-state index in [-0.39, 0.29) is 0 Å². The second-order valence-electron chi connectivity index (χ2n) is 10.7. The molecule has 5 rings (SSSR count). The molecular formula is C28H34N6O4S. The van der Waals surface area contributed by atoms with Gasteiger partial charge in [0.05, 0.1) is 30.2 Å². The van der Waals surface area contributed by atoms with E-state index in [9.17, 15) is 9.00 Å². The summed E-state index contributed by atoms with van der Waals surface area (Å²) in [5, 5.41) is 8.42. The Hall–Kier alpha value is -3.70. The summed E-state index contributed by atoms with van der Waals surface area (Å²) in [7, 11) is 2.77. The number of carbonyl (C=O) groups excluding carboxylic acids is 1. The second kappa shape index (κ2) is 10.8. The Bertz CT molecular complexity index is 1530. The number of methoxy groups -OCH3 is 1. The van der Waals surface area contributed by atoms with Crippen molar-refractivity contribution in [2.75, 3.05) is 37.0 Å². The van der Waals surface area contributed by atoms with E-state index in [2.05, 4.69) is 26.4 Å². The maximum Gasteiger partial charge on any atom is 0.419 e. The van der Waals surface area contributed by atoms with Crippen molar-refractivity contribution in [3.63, 3.8) is 0 Å². The minimum atomic E-state index is -0.698. The fourth-order valence-electron chi connectivity index (χ4n) is 4.61. The van der Waals surface area contributed by atoms with Crippen LogP contribution in [0.3, 0.4) is 0 Å². The topological polar surface area (TPSA) is 104 Å². The minimum absolute atomic E-state index is 0.475. The highest BCUT2D eigenvalue weighted by molar-refractivity contribution is 7.85. The predicted molar refractivity (Wildman–Crippen MR) is 153 cm³/mol. The van der Waals surface area contributed by atoms with E-state index < -0.39 is 22.5 Å². The number of hydrogen-bond acceptors (Lipinski definition) is 8. The molecule has 1 aliphatic heterocycles. The maximum atomic E-state index is 13.4. The molecule has 0 radical (unpaired) electrons. The van der Waals surface area contributed by atoms with Crippen LogP contribution in [0.1, 0.15) is 26.3 Å². The van der Waals surface area contributed by atoms with Crippen LogP contribution in [0, 0.1) is 0 Å². The third-order valence-electron chi connectivity index (χ3n) is 6.47. The first-order valence-electron chi connectivity index (χ1n) is 12.8. The Kier molecular flexibility index (Phi) is 7.46. The van der Waals surface area contributed by atoms with Crippen molar-refractivity contribution >= 4 is 39.3 Å². The number of pyridine rings is 1. The van der Waals surface area contributed by atoms with Crippen LogP contribution in [0.25, 0.3) is 22.2 Å². The van der Waals surface area contributed by atoms with Crippen molar-refractivity contribution in [2.45, 2.75) is 32.9 Å². The van der Waals surface area contributed by atoms with Crippen LogP contribution in [0.2, 0.25) is 0 Å². The fraction of sp³-hybridized carbons (Fsp3) is 0.393. The lowest BCUT2D eigenvalue weighted by Crippen LogP contribution is -2.37. The number of ether oxygens (including phenoxy) is 2. The van der Waals surface area contributed by atoms with Crippen molar-refractivity contribution in [3.8, 4) is 17.0 Å². The van der Waals surface area contributed by atoms with Crippen molar-refractivity contribution in [1.29, 1.82) is 0 Å². The van der Waals surface area contributed by atoms with Crippen LogP contribution in [-0.4, -0.2) is 71.8 Å². The summed E-state index contributed by atoms with van der Waals surface area (Å²) in [4.78, 5) is 20.3. The van der Waals surface area contributed by atoms with Gasteiger partial charge in [0, 0.05) is 78.4 Å². The van der Waals surface area contributed by atoms with Gasteiger partial charge in [0.15, 0.2) is 0 Å². The summed E-state index contributed by atoms with van der Waals surface area (Å²) in [6.45, 7) is 7.97.